The van der Waals surface area contributed by atoms with Gasteiger partial charge in [0.1, 0.15) is 12.3 Å². The zero-order valence-corrected chi connectivity index (χ0v) is 15.9. The van der Waals surface area contributed by atoms with Crippen molar-refractivity contribution in [2.45, 2.75) is 40.7 Å². The molecule has 0 aliphatic carbocycles. The van der Waals surface area contributed by atoms with Gasteiger partial charge in [-0.3, -0.25) is 4.79 Å². The molecule has 27 heavy (non-hydrogen) atoms. The van der Waals surface area contributed by atoms with Crippen LogP contribution in [0.4, 0.5) is 4.79 Å². The lowest BCUT2D eigenvalue weighted by Gasteiger charge is -2.26. The number of aromatic nitrogens is 1. The normalized spacial score (nSPS) is 16.5. The maximum atomic E-state index is 12.4. The maximum Gasteiger partial charge on any atom is 0.355 e. The Kier molecular flexibility index (Phi) is 6.04. The van der Waals surface area contributed by atoms with Gasteiger partial charge in [-0.2, -0.15) is 0 Å². The molecule has 2 rings (SSSR count). The van der Waals surface area contributed by atoms with E-state index in [9.17, 15) is 19.2 Å². The van der Waals surface area contributed by atoms with Crippen molar-refractivity contribution in [1.29, 1.82) is 0 Å². The number of amides is 2. The van der Waals surface area contributed by atoms with Crippen LogP contribution in [0.2, 0.25) is 0 Å². The summed E-state index contributed by atoms with van der Waals surface area (Å²) < 4.78 is 10.3. The number of aromatic amines is 1. The largest absolute Gasteiger partial charge is 0.463 e. The molecule has 0 fully saturated rings. The van der Waals surface area contributed by atoms with Gasteiger partial charge in [0, 0.05) is 11.3 Å². The fraction of sp³-hybridized carbons (Fsp3) is 0.444. The van der Waals surface area contributed by atoms with Gasteiger partial charge in [-0.1, -0.05) is 0 Å². The van der Waals surface area contributed by atoms with Crippen LogP contribution in [0.25, 0.3) is 0 Å². The van der Waals surface area contributed by atoms with Crippen LogP contribution in [0, 0.1) is 13.8 Å². The van der Waals surface area contributed by atoms with Gasteiger partial charge in [0.05, 0.1) is 23.9 Å². The lowest BCUT2D eigenvalue weighted by Crippen LogP contribution is -2.50. The number of esters is 2. The predicted molar refractivity (Wildman–Crippen MR) is 95.3 cm³/mol. The number of urea groups is 1. The van der Waals surface area contributed by atoms with E-state index in [0.717, 1.165) is 0 Å². The van der Waals surface area contributed by atoms with Crippen molar-refractivity contribution in [3.05, 3.63) is 33.8 Å². The van der Waals surface area contributed by atoms with Crippen molar-refractivity contribution in [1.82, 2.24) is 15.6 Å². The molecule has 2 heterocycles. The molecule has 0 aromatic carbocycles. The van der Waals surface area contributed by atoms with Crippen molar-refractivity contribution < 1.29 is 28.7 Å². The lowest BCUT2D eigenvalue weighted by atomic mass is 10.0. The highest BCUT2D eigenvalue weighted by atomic mass is 16.5. The van der Waals surface area contributed by atoms with Crippen LogP contribution in [-0.2, 0) is 14.3 Å². The van der Waals surface area contributed by atoms with Crippen LogP contribution in [0.5, 0.6) is 0 Å². The molecular formula is C18H23N3O6. The maximum absolute atomic E-state index is 12.4. The summed E-state index contributed by atoms with van der Waals surface area (Å²) in [5.74, 6) is -1.46. The van der Waals surface area contributed by atoms with Crippen LogP contribution >= 0.6 is 0 Å². The molecule has 1 aliphatic rings. The van der Waals surface area contributed by atoms with E-state index >= 15 is 0 Å². The van der Waals surface area contributed by atoms with Crippen molar-refractivity contribution in [2.75, 3.05) is 13.2 Å². The lowest BCUT2D eigenvalue weighted by molar-refractivity contribution is -0.139. The molecular weight excluding hydrogens is 354 g/mol. The van der Waals surface area contributed by atoms with E-state index in [1.165, 1.54) is 6.92 Å². The Balaban J connectivity index is 2.24. The van der Waals surface area contributed by atoms with Crippen LogP contribution in [0.3, 0.4) is 0 Å². The van der Waals surface area contributed by atoms with Gasteiger partial charge in [0.25, 0.3) is 0 Å². The fourth-order valence-corrected chi connectivity index (χ4v) is 3.09. The quantitative estimate of drug-likeness (QED) is 0.509. The molecule has 1 aromatic heterocycles. The number of nitrogens with one attached hydrogen (secondary N) is 3. The third-order valence-electron chi connectivity index (χ3n) is 4.21. The molecule has 3 N–H and O–H groups in total. The summed E-state index contributed by atoms with van der Waals surface area (Å²) in [5.41, 5.74) is 2.01. The number of rotatable bonds is 6. The third kappa shape index (κ3) is 4.18. The Morgan fingerprint density at radius 1 is 1.11 bits per heavy atom. The molecule has 0 unspecified atom stereocenters. The first-order valence-corrected chi connectivity index (χ1v) is 8.52. The van der Waals surface area contributed by atoms with E-state index in [4.69, 9.17) is 9.47 Å². The van der Waals surface area contributed by atoms with Gasteiger partial charge in [-0.25, -0.2) is 14.4 Å². The van der Waals surface area contributed by atoms with Crippen LogP contribution in [0.15, 0.2) is 11.3 Å². The fourth-order valence-electron chi connectivity index (χ4n) is 3.09. The number of carbonyl (C=O) groups excluding carboxylic acids is 4. The average molecular weight is 377 g/mol. The molecule has 9 heteroatoms. The van der Waals surface area contributed by atoms with Crippen molar-refractivity contribution >= 4 is 23.8 Å². The van der Waals surface area contributed by atoms with E-state index < -0.39 is 24.0 Å². The highest BCUT2D eigenvalue weighted by Gasteiger charge is 2.30. The number of carbonyl (C=O) groups is 4. The number of hydrogen-bond acceptors (Lipinski definition) is 6. The number of hydrogen-bond donors (Lipinski definition) is 3. The summed E-state index contributed by atoms with van der Waals surface area (Å²) in [4.78, 5) is 50.8. The van der Waals surface area contributed by atoms with E-state index in [-0.39, 0.29) is 36.0 Å². The minimum absolute atomic E-state index is 0.157. The monoisotopic (exact) mass is 377 g/mol. The molecule has 9 nitrogen and oxygen atoms in total. The Morgan fingerprint density at radius 2 is 1.78 bits per heavy atom. The number of ether oxygens (including phenoxy) is 2. The summed E-state index contributed by atoms with van der Waals surface area (Å²) in [6, 6.07) is -1.10. The first kappa shape index (κ1) is 20.2. The molecule has 0 bridgehead atoms. The third-order valence-corrected chi connectivity index (χ3v) is 4.21. The molecule has 146 valence electrons. The van der Waals surface area contributed by atoms with Crippen molar-refractivity contribution in [3.63, 3.8) is 0 Å². The SMILES string of the molecule is CCOC(=O)C1=C(COC(=O)c2[nH]c(C)c(C(C)=O)c2C)NC(=O)N[C@@H]1C. The van der Waals surface area contributed by atoms with Crippen LogP contribution in [-0.4, -0.2) is 48.0 Å². The Labute approximate surface area is 156 Å². The van der Waals surface area contributed by atoms with Crippen molar-refractivity contribution in [3.8, 4) is 0 Å². The molecule has 0 saturated heterocycles. The van der Waals surface area contributed by atoms with Gasteiger partial charge in [0.15, 0.2) is 5.78 Å². The van der Waals surface area contributed by atoms with Gasteiger partial charge in [0.2, 0.25) is 0 Å². The Morgan fingerprint density at radius 3 is 2.33 bits per heavy atom. The standard InChI is InChI=1S/C18H23N3O6/c1-6-26-16(23)14-10(4)20-18(25)21-12(14)7-27-17(24)15-8(2)13(11(5)22)9(3)19-15/h10,19H,6-7H2,1-5H3,(H2,20,21,25)/t10-/m1/s1. The van der Waals surface area contributed by atoms with Gasteiger partial charge in [-0.15, -0.1) is 0 Å². The zero-order chi connectivity index (χ0) is 20.3. The van der Waals surface area contributed by atoms with Gasteiger partial charge >= 0.3 is 18.0 Å². The summed E-state index contributed by atoms with van der Waals surface area (Å²) in [6.45, 7) is 7.90. The first-order valence-electron chi connectivity index (χ1n) is 8.52. The van der Waals surface area contributed by atoms with E-state index in [0.29, 0.717) is 16.8 Å². The zero-order valence-electron chi connectivity index (χ0n) is 15.9. The molecule has 1 aromatic rings. The average Bonchev–Trinajstić information content (AvgIpc) is 2.86. The van der Waals surface area contributed by atoms with Crippen LogP contribution in [0.1, 0.15) is 52.9 Å². The summed E-state index contributed by atoms with van der Waals surface area (Å²) in [6.07, 6.45) is 0. The molecule has 1 atom stereocenters. The topological polar surface area (TPSA) is 127 Å². The number of H-pyrrole nitrogens is 1. The molecule has 0 saturated carbocycles. The van der Waals surface area contributed by atoms with Crippen molar-refractivity contribution in [2.24, 2.45) is 0 Å². The van der Waals surface area contributed by atoms with Crippen LogP contribution < -0.4 is 10.6 Å². The smallest absolute Gasteiger partial charge is 0.355 e. The van der Waals surface area contributed by atoms with E-state index in [1.807, 2.05) is 0 Å². The van der Waals surface area contributed by atoms with Gasteiger partial charge in [-0.05, 0) is 40.2 Å². The van der Waals surface area contributed by atoms with E-state index in [1.54, 1.807) is 27.7 Å². The highest BCUT2D eigenvalue weighted by molar-refractivity contribution is 6.01. The highest BCUT2D eigenvalue weighted by Crippen LogP contribution is 2.20. The molecule has 0 spiro atoms. The second-order valence-electron chi connectivity index (χ2n) is 6.19. The molecule has 2 amide bonds. The molecule has 1 aliphatic heterocycles. The Hall–Kier alpha value is -3.10. The second-order valence-corrected chi connectivity index (χ2v) is 6.19. The minimum Gasteiger partial charge on any atom is -0.463 e. The van der Waals surface area contributed by atoms with Gasteiger partial charge < -0.3 is 25.1 Å². The first-order chi connectivity index (χ1) is 12.7. The van der Waals surface area contributed by atoms with E-state index in [2.05, 4.69) is 15.6 Å². The predicted octanol–water partition coefficient (Wildman–Crippen LogP) is 1.51. The second kappa shape index (κ2) is 8.07. The number of ketones is 1. The minimum atomic E-state index is -0.695. The summed E-state index contributed by atoms with van der Waals surface area (Å²) in [5, 5.41) is 5.04. The summed E-state index contributed by atoms with van der Waals surface area (Å²) in [7, 11) is 0. The number of aryl methyl sites for hydroxylation is 1. The molecule has 0 radical (unpaired) electrons. The summed E-state index contributed by atoms with van der Waals surface area (Å²) >= 11 is 0. The number of Topliss-reactive ketones (excluding diaryl/α,β-unsaturated/α-hetero) is 1. The Bertz CT molecular complexity index is 836.